The lowest BCUT2D eigenvalue weighted by Crippen LogP contribution is -2.44. The smallest absolute Gasteiger partial charge is 0.224 e. The summed E-state index contributed by atoms with van der Waals surface area (Å²) < 4.78 is 0. The van der Waals surface area contributed by atoms with Crippen molar-refractivity contribution in [2.24, 2.45) is 11.3 Å². The zero-order chi connectivity index (χ0) is 10.9. The lowest BCUT2D eigenvalue weighted by molar-refractivity contribution is -0.125. The zero-order valence-electron chi connectivity index (χ0n) is 10.2. The van der Waals surface area contributed by atoms with E-state index in [9.17, 15) is 4.79 Å². The van der Waals surface area contributed by atoms with E-state index in [0.717, 1.165) is 25.9 Å². The highest BCUT2D eigenvalue weighted by atomic mass is 35.5. The SMILES string of the molecule is CC1(C)CCCC1NC(=O)[C@H]1CCNC1.Cl. The molecule has 2 atom stereocenters. The van der Waals surface area contributed by atoms with Gasteiger partial charge in [0.1, 0.15) is 0 Å². The highest BCUT2D eigenvalue weighted by Gasteiger charge is 2.36. The first-order valence-corrected chi connectivity index (χ1v) is 6.11. The number of carbonyl (C=O) groups is 1. The quantitative estimate of drug-likeness (QED) is 0.779. The molecule has 2 N–H and O–H groups in total. The van der Waals surface area contributed by atoms with E-state index in [4.69, 9.17) is 0 Å². The first-order valence-electron chi connectivity index (χ1n) is 6.11. The predicted molar refractivity (Wildman–Crippen MR) is 67.8 cm³/mol. The molecule has 2 rings (SSSR count). The van der Waals surface area contributed by atoms with Gasteiger partial charge in [-0.05, 0) is 31.2 Å². The molecule has 1 aliphatic carbocycles. The van der Waals surface area contributed by atoms with Crippen molar-refractivity contribution in [1.29, 1.82) is 0 Å². The Morgan fingerprint density at radius 3 is 2.62 bits per heavy atom. The van der Waals surface area contributed by atoms with Crippen LogP contribution in [0.3, 0.4) is 0 Å². The van der Waals surface area contributed by atoms with Crippen LogP contribution in [0.1, 0.15) is 39.5 Å². The number of rotatable bonds is 2. The number of hydrogen-bond donors (Lipinski definition) is 2. The summed E-state index contributed by atoms with van der Waals surface area (Å²) in [6.07, 6.45) is 4.64. The summed E-state index contributed by atoms with van der Waals surface area (Å²) >= 11 is 0. The Balaban J connectivity index is 0.00000128. The number of nitrogens with one attached hydrogen (secondary N) is 2. The van der Waals surface area contributed by atoms with Crippen LogP contribution in [0, 0.1) is 11.3 Å². The standard InChI is InChI=1S/C12H22N2O.ClH/c1-12(2)6-3-4-10(12)14-11(15)9-5-7-13-8-9;/h9-10,13H,3-8H2,1-2H3,(H,14,15);1H/t9-,10?;/m0./s1. The van der Waals surface area contributed by atoms with Gasteiger partial charge in [-0.1, -0.05) is 20.3 Å². The minimum absolute atomic E-state index is 0. The molecule has 2 aliphatic rings. The average Bonchev–Trinajstić information content (AvgIpc) is 2.76. The summed E-state index contributed by atoms with van der Waals surface area (Å²) in [6.45, 7) is 6.38. The average molecular weight is 247 g/mol. The van der Waals surface area contributed by atoms with Gasteiger partial charge in [0.25, 0.3) is 0 Å². The highest BCUT2D eigenvalue weighted by molar-refractivity contribution is 5.85. The van der Waals surface area contributed by atoms with E-state index >= 15 is 0 Å². The Kier molecular flexibility index (Phi) is 4.62. The van der Waals surface area contributed by atoms with E-state index in [-0.39, 0.29) is 24.2 Å². The Labute approximate surface area is 104 Å². The van der Waals surface area contributed by atoms with Gasteiger partial charge in [0.2, 0.25) is 5.91 Å². The topological polar surface area (TPSA) is 41.1 Å². The first-order chi connectivity index (χ1) is 7.09. The maximum atomic E-state index is 11.9. The molecule has 0 aromatic carbocycles. The number of hydrogen-bond acceptors (Lipinski definition) is 2. The van der Waals surface area contributed by atoms with Gasteiger partial charge < -0.3 is 10.6 Å². The molecule has 3 nitrogen and oxygen atoms in total. The van der Waals surface area contributed by atoms with Crippen molar-refractivity contribution < 1.29 is 4.79 Å². The largest absolute Gasteiger partial charge is 0.353 e. The van der Waals surface area contributed by atoms with Gasteiger partial charge in [-0.15, -0.1) is 12.4 Å². The summed E-state index contributed by atoms with van der Waals surface area (Å²) in [6, 6.07) is 0.394. The molecule has 1 saturated carbocycles. The van der Waals surface area contributed by atoms with Gasteiger partial charge in [0, 0.05) is 12.6 Å². The fourth-order valence-electron chi connectivity index (χ4n) is 2.76. The summed E-state index contributed by atoms with van der Waals surface area (Å²) in [5, 5.41) is 6.47. The van der Waals surface area contributed by atoms with Gasteiger partial charge >= 0.3 is 0 Å². The van der Waals surface area contributed by atoms with Crippen LogP contribution in [0.25, 0.3) is 0 Å². The molecule has 4 heteroatoms. The fraction of sp³-hybridized carbons (Fsp3) is 0.917. The van der Waals surface area contributed by atoms with Crippen LogP contribution >= 0.6 is 12.4 Å². The Hall–Kier alpha value is -0.280. The minimum atomic E-state index is 0. The van der Waals surface area contributed by atoms with Crippen molar-refractivity contribution in [3.8, 4) is 0 Å². The van der Waals surface area contributed by atoms with Gasteiger partial charge in [-0.2, -0.15) is 0 Å². The van der Waals surface area contributed by atoms with Gasteiger partial charge in [-0.25, -0.2) is 0 Å². The molecule has 1 aliphatic heterocycles. The molecule has 0 aromatic heterocycles. The second-order valence-corrected chi connectivity index (χ2v) is 5.63. The van der Waals surface area contributed by atoms with E-state index in [1.54, 1.807) is 0 Å². The summed E-state index contributed by atoms with van der Waals surface area (Å²) in [7, 11) is 0. The molecule has 94 valence electrons. The highest BCUT2D eigenvalue weighted by Crippen LogP contribution is 2.37. The van der Waals surface area contributed by atoms with Crippen LogP contribution < -0.4 is 10.6 Å². The van der Waals surface area contributed by atoms with Gasteiger partial charge in [0.15, 0.2) is 0 Å². The number of carbonyl (C=O) groups excluding carboxylic acids is 1. The molecule has 1 saturated heterocycles. The van der Waals surface area contributed by atoms with Crippen LogP contribution in [0.15, 0.2) is 0 Å². The van der Waals surface area contributed by atoms with E-state index in [1.165, 1.54) is 12.8 Å². The van der Waals surface area contributed by atoms with Gasteiger partial charge in [0.05, 0.1) is 5.92 Å². The maximum absolute atomic E-state index is 11.9. The van der Waals surface area contributed by atoms with Gasteiger partial charge in [-0.3, -0.25) is 4.79 Å². The molecule has 0 spiro atoms. The predicted octanol–water partition coefficient (Wildman–Crippen LogP) is 1.71. The van der Waals surface area contributed by atoms with Crippen LogP contribution in [0.2, 0.25) is 0 Å². The summed E-state index contributed by atoms with van der Waals surface area (Å²) in [5.41, 5.74) is 0.293. The molecule has 1 amide bonds. The molecular formula is C12H23ClN2O. The third-order valence-corrected chi connectivity index (χ3v) is 4.00. The minimum Gasteiger partial charge on any atom is -0.353 e. The number of halogens is 1. The maximum Gasteiger partial charge on any atom is 0.224 e. The summed E-state index contributed by atoms with van der Waals surface area (Å²) in [4.78, 5) is 11.9. The molecule has 1 heterocycles. The van der Waals surface area contributed by atoms with Crippen LogP contribution in [-0.2, 0) is 4.79 Å². The molecule has 2 fully saturated rings. The molecule has 1 unspecified atom stereocenters. The summed E-state index contributed by atoms with van der Waals surface area (Å²) in [5.74, 6) is 0.473. The first kappa shape index (κ1) is 13.8. The van der Waals surface area contributed by atoms with Crippen molar-refractivity contribution >= 4 is 18.3 Å². The van der Waals surface area contributed by atoms with E-state index in [1.807, 2.05) is 0 Å². The Morgan fingerprint density at radius 1 is 1.38 bits per heavy atom. The number of amides is 1. The van der Waals surface area contributed by atoms with Crippen molar-refractivity contribution in [1.82, 2.24) is 10.6 Å². The van der Waals surface area contributed by atoms with E-state index in [2.05, 4.69) is 24.5 Å². The van der Waals surface area contributed by atoms with Crippen molar-refractivity contribution in [3.63, 3.8) is 0 Å². The van der Waals surface area contributed by atoms with Crippen LogP contribution in [0.4, 0.5) is 0 Å². The fourth-order valence-corrected chi connectivity index (χ4v) is 2.76. The van der Waals surface area contributed by atoms with Crippen LogP contribution in [-0.4, -0.2) is 25.0 Å². The lowest BCUT2D eigenvalue weighted by Gasteiger charge is -2.28. The zero-order valence-corrected chi connectivity index (χ0v) is 11.0. The van der Waals surface area contributed by atoms with Crippen molar-refractivity contribution in [2.45, 2.75) is 45.6 Å². The van der Waals surface area contributed by atoms with Crippen molar-refractivity contribution in [2.75, 3.05) is 13.1 Å². The molecule has 16 heavy (non-hydrogen) atoms. The molecule has 0 bridgehead atoms. The van der Waals surface area contributed by atoms with E-state index < -0.39 is 0 Å². The monoisotopic (exact) mass is 246 g/mol. The van der Waals surface area contributed by atoms with E-state index in [0.29, 0.717) is 11.5 Å². The normalized spacial score (nSPS) is 32.1. The molecule has 0 aromatic rings. The second kappa shape index (κ2) is 5.37. The lowest BCUT2D eigenvalue weighted by atomic mass is 9.87. The molecule has 0 radical (unpaired) electrons. The Bertz CT molecular complexity index is 249. The second-order valence-electron chi connectivity index (χ2n) is 5.63. The van der Waals surface area contributed by atoms with Crippen molar-refractivity contribution in [3.05, 3.63) is 0 Å². The third kappa shape index (κ3) is 2.89. The van der Waals surface area contributed by atoms with Crippen LogP contribution in [0.5, 0.6) is 0 Å². The molecular weight excluding hydrogens is 224 g/mol. The third-order valence-electron chi connectivity index (χ3n) is 4.00. The Morgan fingerprint density at radius 2 is 2.12 bits per heavy atom.